The van der Waals surface area contributed by atoms with Crippen molar-refractivity contribution >= 4 is 5.78 Å². The van der Waals surface area contributed by atoms with Crippen LogP contribution in [0, 0.1) is 5.41 Å². The van der Waals surface area contributed by atoms with Crippen LogP contribution in [-0.4, -0.2) is 11.3 Å². The van der Waals surface area contributed by atoms with Crippen LogP contribution in [-0.2, 0) is 11.2 Å². The molecule has 1 unspecified atom stereocenters. The first-order chi connectivity index (χ1) is 9.23. The lowest BCUT2D eigenvalue weighted by Gasteiger charge is -2.38. The second-order valence-corrected chi connectivity index (χ2v) is 7.26. The van der Waals surface area contributed by atoms with E-state index in [-0.39, 0.29) is 5.78 Å². The molecule has 0 aliphatic heterocycles. The molecule has 0 saturated carbocycles. The van der Waals surface area contributed by atoms with Crippen LogP contribution in [0.25, 0.3) is 0 Å². The Morgan fingerprint density at radius 2 is 1.90 bits per heavy atom. The normalized spacial score (nSPS) is 19.6. The fourth-order valence-electron chi connectivity index (χ4n) is 2.90. The summed E-state index contributed by atoms with van der Waals surface area (Å²) in [5, 5.41) is 0. The second-order valence-electron chi connectivity index (χ2n) is 7.26. The van der Waals surface area contributed by atoms with Crippen LogP contribution in [0.4, 0.5) is 0 Å². The molecule has 2 nitrogen and oxygen atoms in total. The Labute approximate surface area is 122 Å². The number of aryl methyl sites for hydroxylation is 1. The predicted molar refractivity (Wildman–Crippen MR) is 83.8 cm³/mol. The molecule has 1 aliphatic rings. The minimum Gasteiger partial charge on any atom is -0.325 e. The van der Waals surface area contributed by atoms with Crippen molar-refractivity contribution in [3.05, 3.63) is 35.4 Å². The summed E-state index contributed by atoms with van der Waals surface area (Å²) in [6, 6.07) is 8.56. The van der Waals surface area contributed by atoms with Gasteiger partial charge in [0.2, 0.25) is 0 Å². The van der Waals surface area contributed by atoms with E-state index in [2.05, 4.69) is 24.3 Å². The van der Waals surface area contributed by atoms with Gasteiger partial charge in [0.25, 0.3) is 0 Å². The fraction of sp³-hybridized carbons (Fsp3) is 0.611. The van der Waals surface area contributed by atoms with Crippen molar-refractivity contribution in [1.82, 2.24) is 0 Å². The van der Waals surface area contributed by atoms with Gasteiger partial charge in [-0.3, -0.25) is 4.79 Å². The minimum atomic E-state index is -0.488. The molecule has 2 N–H and O–H groups in total. The van der Waals surface area contributed by atoms with Gasteiger partial charge in [-0.2, -0.15) is 0 Å². The summed E-state index contributed by atoms with van der Waals surface area (Å²) in [6.07, 6.45) is 4.06. The lowest BCUT2D eigenvalue weighted by Crippen LogP contribution is -2.52. The molecule has 1 aromatic carbocycles. The van der Waals surface area contributed by atoms with E-state index in [1.165, 1.54) is 17.5 Å². The van der Waals surface area contributed by atoms with Crippen molar-refractivity contribution in [2.75, 3.05) is 0 Å². The van der Waals surface area contributed by atoms with Crippen LogP contribution in [0.15, 0.2) is 24.3 Å². The van der Waals surface area contributed by atoms with Crippen LogP contribution in [0.1, 0.15) is 64.0 Å². The van der Waals surface area contributed by atoms with E-state index in [1.54, 1.807) is 0 Å². The molecule has 0 heterocycles. The van der Waals surface area contributed by atoms with Crippen molar-refractivity contribution in [3.8, 4) is 0 Å². The zero-order valence-electron chi connectivity index (χ0n) is 13.2. The summed E-state index contributed by atoms with van der Waals surface area (Å²) in [5.74, 6) is 0.653. The fourth-order valence-corrected chi connectivity index (χ4v) is 2.90. The molecule has 0 amide bonds. The zero-order chi connectivity index (χ0) is 15.0. The number of hydrogen-bond acceptors (Lipinski definition) is 2. The van der Waals surface area contributed by atoms with Crippen LogP contribution < -0.4 is 5.73 Å². The van der Waals surface area contributed by atoms with Crippen LogP contribution in [0.2, 0.25) is 0 Å². The summed E-state index contributed by atoms with van der Waals surface area (Å²) < 4.78 is 0. The molecule has 0 aromatic heterocycles. The standard InChI is InChI=1S/C18H27NO/c1-17(2,18(3,4)19)16(20)12-14-10-7-9-13-8-5-6-11-15(13)14/h5-6,8,11,14H,7,9-10,12,19H2,1-4H3. The number of nitrogens with two attached hydrogens (primary N) is 1. The molecule has 1 aromatic rings. The van der Waals surface area contributed by atoms with Gasteiger partial charge in [-0.05, 0) is 50.2 Å². The molecule has 0 saturated heterocycles. The number of fused-ring (bicyclic) bond motifs is 1. The highest BCUT2D eigenvalue weighted by atomic mass is 16.1. The first kappa shape index (κ1) is 15.2. The first-order valence-corrected chi connectivity index (χ1v) is 7.63. The van der Waals surface area contributed by atoms with E-state index in [0.29, 0.717) is 12.3 Å². The number of Topliss-reactive ketones (excluding diaryl/α,β-unsaturated/α-hetero) is 1. The molecule has 0 radical (unpaired) electrons. The van der Waals surface area contributed by atoms with Crippen LogP contribution in [0.3, 0.4) is 0 Å². The van der Waals surface area contributed by atoms with Gasteiger partial charge >= 0.3 is 0 Å². The quantitative estimate of drug-likeness (QED) is 0.906. The maximum absolute atomic E-state index is 12.7. The Hall–Kier alpha value is -1.15. The van der Waals surface area contributed by atoms with E-state index in [4.69, 9.17) is 5.73 Å². The van der Waals surface area contributed by atoms with Gasteiger partial charge in [-0.25, -0.2) is 0 Å². The molecule has 1 aliphatic carbocycles. The third-order valence-corrected chi connectivity index (χ3v) is 5.23. The number of carbonyl (C=O) groups excluding carboxylic acids is 1. The van der Waals surface area contributed by atoms with Gasteiger partial charge in [0.15, 0.2) is 0 Å². The lowest BCUT2D eigenvalue weighted by atomic mass is 9.68. The van der Waals surface area contributed by atoms with Crippen molar-refractivity contribution < 1.29 is 4.79 Å². The van der Waals surface area contributed by atoms with Crippen molar-refractivity contribution in [1.29, 1.82) is 0 Å². The number of hydrogen-bond donors (Lipinski definition) is 1. The second kappa shape index (κ2) is 5.33. The number of ketones is 1. The van der Waals surface area contributed by atoms with Crippen molar-refractivity contribution in [2.45, 2.75) is 64.8 Å². The van der Waals surface area contributed by atoms with Gasteiger partial charge < -0.3 is 5.73 Å². The monoisotopic (exact) mass is 273 g/mol. The highest BCUT2D eigenvalue weighted by Crippen LogP contribution is 2.38. The molecule has 2 heteroatoms. The summed E-state index contributed by atoms with van der Waals surface area (Å²) in [6.45, 7) is 7.84. The van der Waals surface area contributed by atoms with E-state index < -0.39 is 11.0 Å². The average molecular weight is 273 g/mol. The molecule has 0 spiro atoms. The molecule has 0 fully saturated rings. The van der Waals surface area contributed by atoms with Gasteiger partial charge in [-0.15, -0.1) is 0 Å². The van der Waals surface area contributed by atoms with Crippen LogP contribution >= 0.6 is 0 Å². The smallest absolute Gasteiger partial charge is 0.140 e. The van der Waals surface area contributed by atoms with Gasteiger partial charge in [0.05, 0.1) is 0 Å². The van der Waals surface area contributed by atoms with Crippen molar-refractivity contribution in [3.63, 3.8) is 0 Å². The number of benzene rings is 1. The SMILES string of the molecule is CC(C)(N)C(C)(C)C(=O)CC1CCCc2ccccc21. The molecular formula is C18H27NO. The highest BCUT2D eigenvalue weighted by Gasteiger charge is 2.41. The van der Waals surface area contributed by atoms with E-state index in [0.717, 1.165) is 12.8 Å². The number of rotatable bonds is 4. The van der Waals surface area contributed by atoms with Gasteiger partial charge in [-0.1, -0.05) is 38.1 Å². The molecule has 2 rings (SSSR count). The predicted octanol–water partition coefficient (Wildman–Crippen LogP) is 3.83. The maximum Gasteiger partial charge on any atom is 0.140 e. The summed E-state index contributed by atoms with van der Waals surface area (Å²) in [7, 11) is 0. The minimum absolute atomic E-state index is 0.284. The molecule has 0 bridgehead atoms. The molecule has 110 valence electrons. The van der Waals surface area contributed by atoms with Gasteiger partial charge in [0.1, 0.15) is 5.78 Å². The van der Waals surface area contributed by atoms with Gasteiger partial charge in [0, 0.05) is 17.4 Å². The summed E-state index contributed by atoms with van der Waals surface area (Å²) in [5.41, 5.74) is 8.01. The topological polar surface area (TPSA) is 43.1 Å². The van der Waals surface area contributed by atoms with Crippen molar-refractivity contribution in [2.24, 2.45) is 11.1 Å². The zero-order valence-corrected chi connectivity index (χ0v) is 13.2. The maximum atomic E-state index is 12.7. The highest BCUT2D eigenvalue weighted by molar-refractivity contribution is 5.86. The molecule has 20 heavy (non-hydrogen) atoms. The third-order valence-electron chi connectivity index (χ3n) is 5.23. The molecular weight excluding hydrogens is 246 g/mol. The van der Waals surface area contributed by atoms with Crippen LogP contribution in [0.5, 0.6) is 0 Å². The molecule has 1 atom stereocenters. The van der Waals surface area contributed by atoms with E-state index >= 15 is 0 Å². The Bertz CT molecular complexity index is 496. The number of carbonyl (C=O) groups is 1. The lowest BCUT2D eigenvalue weighted by molar-refractivity contribution is -0.130. The Morgan fingerprint density at radius 3 is 2.55 bits per heavy atom. The first-order valence-electron chi connectivity index (χ1n) is 7.63. The Kier molecular flexibility index (Phi) is 4.06. The van der Waals surface area contributed by atoms with E-state index in [1.807, 2.05) is 27.7 Å². The largest absolute Gasteiger partial charge is 0.325 e. The Balaban J connectivity index is 2.18. The summed E-state index contributed by atoms with van der Waals surface area (Å²) in [4.78, 5) is 12.7. The van der Waals surface area contributed by atoms with E-state index in [9.17, 15) is 4.79 Å². The third kappa shape index (κ3) is 2.80. The summed E-state index contributed by atoms with van der Waals surface area (Å²) >= 11 is 0. The Morgan fingerprint density at radius 1 is 1.25 bits per heavy atom. The average Bonchev–Trinajstić information content (AvgIpc) is 2.37.